The van der Waals surface area contributed by atoms with Crippen molar-refractivity contribution < 1.29 is 23.9 Å². The van der Waals surface area contributed by atoms with Gasteiger partial charge in [0.2, 0.25) is 0 Å². The molecule has 1 atom stereocenters. The van der Waals surface area contributed by atoms with E-state index in [0.717, 1.165) is 53.8 Å². The van der Waals surface area contributed by atoms with Gasteiger partial charge in [-0.25, -0.2) is 9.69 Å². The number of rotatable bonds is 5. The zero-order valence-electron chi connectivity index (χ0n) is 19.9. The summed E-state index contributed by atoms with van der Waals surface area (Å²) < 4.78 is 11.8. The zero-order chi connectivity index (χ0) is 24.5. The van der Waals surface area contributed by atoms with Gasteiger partial charge in [-0.3, -0.25) is 9.59 Å². The van der Waals surface area contributed by atoms with Crippen molar-refractivity contribution >= 4 is 34.9 Å². The van der Waals surface area contributed by atoms with E-state index in [0.29, 0.717) is 24.2 Å². The molecule has 5 rings (SSSR count). The van der Waals surface area contributed by atoms with Gasteiger partial charge in [-0.15, -0.1) is 0 Å². The van der Waals surface area contributed by atoms with Crippen LogP contribution >= 0.6 is 0 Å². The smallest absolute Gasteiger partial charge is 0.329 e. The van der Waals surface area contributed by atoms with Gasteiger partial charge in [0.15, 0.2) is 6.10 Å². The fourth-order valence-corrected chi connectivity index (χ4v) is 4.64. The molecule has 3 heterocycles. The van der Waals surface area contributed by atoms with Crippen molar-refractivity contribution in [3.05, 3.63) is 42.0 Å². The number of imide groups is 1. The lowest BCUT2D eigenvalue weighted by Crippen LogP contribution is -2.45. The molecule has 2 saturated heterocycles. The second kappa shape index (κ2) is 9.46. The van der Waals surface area contributed by atoms with Gasteiger partial charge in [-0.2, -0.15) is 0 Å². The maximum absolute atomic E-state index is 13.1. The molecule has 1 unspecified atom stereocenters. The quantitative estimate of drug-likeness (QED) is 0.631. The van der Waals surface area contributed by atoms with E-state index in [1.807, 2.05) is 12.1 Å². The lowest BCUT2D eigenvalue weighted by atomic mass is 9.99. The van der Waals surface area contributed by atoms with Crippen molar-refractivity contribution in [1.29, 1.82) is 0 Å². The summed E-state index contributed by atoms with van der Waals surface area (Å²) >= 11 is 0. The largest absolute Gasteiger partial charge is 0.497 e. The van der Waals surface area contributed by atoms with Gasteiger partial charge in [0.25, 0.3) is 11.8 Å². The third kappa shape index (κ3) is 4.61. The Morgan fingerprint density at radius 3 is 2.51 bits per heavy atom. The Kier molecular flexibility index (Phi) is 6.21. The van der Waals surface area contributed by atoms with E-state index < -0.39 is 12.1 Å². The summed E-state index contributed by atoms with van der Waals surface area (Å²) in [6, 6.07) is 10.1. The maximum atomic E-state index is 13.1. The van der Waals surface area contributed by atoms with Crippen LogP contribution in [0.4, 0.5) is 21.9 Å². The average molecular weight is 480 g/mol. The summed E-state index contributed by atoms with van der Waals surface area (Å²) in [5, 5.41) is 5.39. The molecule has 2 fully saturated rings. The van der Waals surface area contributed by atoms with Crippen LogP contribution in [0, 0.1) is 0 Å². The second-order valence-corrected chi connectivity index (χ2v) is 8.99. The van der Waals surface area contributed by atoms with Crippen LogP contribution in [0.1, 0.15) is 12.0 Å². The van der Waals surface area contributed by atoms with Crippen LogP contribution in [0.2, 0.25) is 0 Å². The molecule has 0 bridgehead atoms. The van der Waals surface area contributed by atoms with Crippen LogP contribution < -0.4 is 29.9 Å². The van der Waals surface area contributed by atoms with Gasteiger partial charge in [0.1, 0.15) is 11.5 Å². The molecule has 2 N–H and O–H groups in total. The molecule has 10 heteroatoms. The van der Waals surface area contributed by atoms with Gasteiger partial charge in [-0.1, -0.05) is 0 Å². The van der Waals surface area contributed by atoms with Crippen molar-refractivity contribution in [1.82, 2.24) is 10.2 Å². The topological polar surface area (TPSA) is 103 Å². The van der Waals surface area contributed by atoms with E-state index in [9.17, 15) is 14.4 Å². The third-order valence-electron chi connectivity index (χ3n) is 6.66. The fourth-order valence-electron chi connectivity index (χ4n) is 4.64. The highest BCUT2D eigenvalue weighted by molar-refractivity contribution is 6.19. The first-order chi connectivity index (χ1) is 16.9. The number of ether oxygens (including phenoxy) is 2. The third-order valence-corrected chi connectivity index (χ3v) is 6.66. The van der Waals surface area contributed by atoms with Gasteiger partial charge in [-0.05, 0) is 50.2 Å². The molecule has 0 spiro atoms. The summed E-state index contributed by atoms with van der Waals surface area (Å²) in [7, 11) is 3.77. The van der Waals surface area contributed by atoms with Crippen molar-refractivity contribution in [3.63, 3.8) is 0 Å². The van der Waals surface area contributed by atoms with E-state index in [-0.39, 0.29) is 18.4 Å². The van der Waals surface area contributed by atoms with Gasteiger partial charge < -0.3 is 29.9 Å². The molecule has 0 aliphatic carbocycles. The van der Waals surface area contributed by atoms with Crippen molar-refractivity contribution in [2.45, 2.75) is 18.9 Å². The molecule has 4 amide bonds. The molecular formula is C25H29N5O5. The number of hydrogen-bond donors (Lipinski definition) is 2. The molecule has 10 nitrogen and oxygen atoms in total. The van der Waals surface area contributed by atoms with Crippen molar-refractivity contribution in [2.75, 3.05) is 62.0 Å². The number of fused-ring (bicyclic) bond motifs is 1. The molecule has 3 aliphatic rings. The molecule has 0 saturated carbocycles. The number of carbonyl (C=O) groups is 3. The first-order valence-corrected chi connectivity index (χ1v) is 11.8. The lowest BCUT2D eigenvalue weighted by molar-refractivity contribution is -0.123. The Balaban J connectivity index is 1.30. The number of benzene rings is 2. The number of amides is 4. The van der Waals surface area contributed by atoms with E-state index in [1.165, 1.54) is 0 Å². The Hall–Kier alpha value is -3.79. The highest BCUT2D eigenvalue weighted by Gasteiger charge is 2.32. The van der Waals surface area contributed by atoms with E-state index in [4.69, 9.17) is 9.47 Å². The Morgan fingerprint density at radius 2 is 1.86 bits per heavy atom. The van der Waals surface area contributed by atoms with E-state index in [1.54, 1.807) is 31.4 Å². The predicted molar refractivity (Wildman–Crippen MR) is 131 cm³/mol. The highest BCUT2D eigenvalue weighted by atomic mass is 16.5. The summed E-state index contributed by atoms with van der Waals surface area (Å²) in [5.74, 6) is 0.984. The maximum Gasteiger partial charge on any atom is 0.329 e. The van der Waals surface area contributed by atoms with Gasteiger partial charge >= 0.3 is 6.03 Å². The number of nitrogens with zero attached hydrogens (tertiary/aromatic N) is 3. The first kappa shape index (κ1) is 23.0. The van der Waals surface area contributed by atoms with E-state index in [2.05, 4.69) is 27.5 Å². The number of hydrogen-bond acceptors (Lipinski definition) is 7. The van der Waals surface area contributed by atoms with Crippen molar-refractivity contribution in [3.8, 4) is 11.5 Å². The standard InChI is InChI=1S/C25H29N5O5/c1-28-9-11-29(12-10-28)20-14-19(34-2)13-16-3-8-21(35-23(16)20)24(32)27-17-4-6-18(7-5-17)30-22(31)15-26-25(30)33/h4-7,13-14,21H,3,8-12,15H2,1-2H3,(H,26,33)(H,27,32). The highest BCUT2D eigenvalue weighted by Crippen LogP contribution is 2.41. The summed E-state index contributed by atoms with van der Waals surface area (Å²) in [6.45, 7) is 3.65. The normalized spacial score (nSPS) is 20.2. The zero-order valence-corrected chi connectivity index (χ0v) is 19.9. The first-order valence-electron chi connectivity index (χ1n) is 11.8. The molecule has 2 aromatic carbocycles. The molecule has 2 aromatic rings. The second-order valence-electron chi connectivity index (χ2n) is 8.99. The van der Waals surface area contributed by atoms with Crippen LogP contribution in [0.25, 0.3) is 0 Å². The molecular weight excluding hydrogens is 450 g/mol. The Labute approximate surface area is 203 Å². The summed E-state index contributed by atoms with van der Waals surface area (Å²) in [6.07, 6.45) is 0.623. The summed E-state index contributed by atoms with van der Waals surface area (Å²) in [4.78, 5) is 42.5. The average Bonchev–Trinajstić information content (AvgIpc) is 3.21. The molecule has 0 aromatic heterocycles. The van der Waals surface area contributed by atoms with Crippen LogP contribution in [0.5, 0.6) is 11.5 Å². The Bertz CT molecular complexity index is 1130. The minimum absolute atomic E-state index is 0.0141. The molecule has 0 radical (unpaired) electrons. The number of nitrogens with one attached hydrogen (secondary N) is 2. The predicted octanol–water partition coefficient (Wildman–Crippen LogP) is 1.84. The van der Waals surface area contributed by atoms with Crippen molar-refractivity contribution in [2.24, 2.45) is 0 Å². The Morgan fingerprint density at radius 1 is 1.11 bits per heavy atom. The monoisotopic (exact) mass is 479 g/mol. The van der Waals surface area contributed by atoms with Gasteiger partial charge in [0, 0.05) is 43.5 Å². The fraction of sp³-hybridized carbons (Fsp3) is 0.400. The number of carbonyl (C=O) groups excluding carboxylic acids is 3. The van der Waals surface area contributed by atoms with E-state index >= 15 is 0 Å². The number of methoxy groups -OCH3 is 1. The number of piperazine rings is 1. The minimum atomic E-state index is -0.632. The number of likely N-dealkylation sites (N-methyl/N-ethyl adjacent to an activating group) is 1. The molecule has 3 aliphatic heterocycles. The minimum Gasteiger partial charge on any atom is -0.497 e. The SMILES string of the molecule is COc1cc2c(c(N3CCN(C)CC3)c1)OC(C(=O)Nc1ccc(N3C(=O)CNC3=O)cc1)CC2. The van der Waals surface area contributed by atoms with Crippen LogP contribution in [0.15, 0.2) is 36.4 Å². The number of anilines is 3. The van der Waals surface area contributed by atoms with Crippen LogP contribution in [0.3, 0.4) is 0 Å². The molecule has 184 valence electrons. The van der Waals surface area contributed by atoms with Gasteiger partial charge in [0.05, 0.1) is 25.0 Å². The lowest BCUT2D eigenvalue weighted by Gasteiger charge is -2.37. The number of urea groups is 1. The van der Waals surface area contributed by atoms with Crippen LogP contribution in [-0.2, 0) is 16.0 Å². The van der Waals surface area contributed by atoms with Crippen LogP contribution in [-0.4, -0.2) is 75.7 Å². The molecule has 35 heavy (non-hydrogen) atoms. The number of aryl methyl sites for hydroxylation is 1. The summed E-state index contributed by atoms with van der Waals surface area (Å²) in [5.41, 5.74) is 3.02.